The van der Waals surface area contributed by atoms with Crippen LogP contribution in [0.25, 0.3) is 0 Å². The summed E-state index contributed by atoms with van der Waals surface area (Å²) in [5.41, 5.74) is 1.27. The summed E-state index contributed by atoms with van der Waals surface area (Å²) in [5, 5.41) is 0.892. The first-order chi connectivity index (χ1) is 8.50. The van der Waals surface area contributed by atoms with Crippen molar-refractivity contribution in [3.8, 4) is 0 Å². The van der Waals surface area contributed by atoms with Crippen LogP contribution in [0, 0.1) is 0 Å². The maximum absolute atomic E-state index is 6.02. The molecule has 1 saturated heterocycles. The Labute approximate surface area is 126 Å². The fourth-order valence-electron chi connectivity index (χ4n) is 2.49. The molecule has 2 nitrogen and oxygen atoms in total. The van der Waals surface area contributed by atoms with E-state index < -0.39 is 0 Å². The van der Waals surface area contributed by atoms with E-state index in [1.807, 2.05) is 0 Å². The molecule has 18 heavy (non-hydrogen) atoms. The third kappa shape index (κ3) is 3.80. The highest BCUT2D eigenvalue weighted by molar-refractivity contribution is 9.10. The Morgan fingerprint density at radius 3 is 2.78 bits per heavy atom. The molecule has 0 amide bonds. The number of nitrogens with zero attached hydrogens (tertiary/aromatic N) is 1. The van der Waals surface area contributed by atoms with Crippen LogP contribution < -0.4 is 0 Å². The summed E-state index contributed by atoms with van der Waals surface area (Å²) in [6.07, 6.45) is 0.274. The van der Waals surface area contributed by atoms with Gasteiger partial charge in [0.15, 0.2) is 0 Å². The van der Waals surface area contributed by atoms with Crippen LogP contribution in [-0.2, 0) is 11.3 Å². The lowest BCUT2D eigenvalue weighted by molar-refractivity contribution is -0.128. The minimum atomic E-state index is -0.0715. The van der Waals surface area contributed by atoms with Gasteiger partial charge in [-0.25, -0.2) is 0 Å². The summed E-state index contributed by atoms with van der Waals surface area (Å²) < 4.78 is 7.21. The summed E-state index contributed by atoms with van der Waals surface area (Å²) >= 11 is 7.15. The van der Waals surface area contributed by atoms with Crippen molar-refractivity contribution in [1.29, 1.82) is 0 Å². The largest absolute Gasteiger partial charge is 0.369 e. The third-order valence-electron chi connectivity index (χ3n) is 3.08. The zero-order valence-electron chi connectivity index (χ0n) is 10.8. The topological polar surface area (TPSA) is 12.5 Å². The van der Waals surface area contributed by atoms with Gasteiger partial charge in [0.05, 0.1) is 11.7 Å². The minimum absolute atomic E-state index is 0.0715. The normalized spacial score (nSPS) is 24.1. The number of hydrogen-bond donors (Lipinski definition) is 0. The first-order valence-electron chi connectivity index (χ1n) is 6.20. The number of halogens is 2. The average Bonchev–Trinajstić information content (AvgIpc) is 2.30. The molecule has 1 aliphatic heterocycles. The van der Waals surface area contributed by atoms with Gasteiger partial charge in [0, 0.05) is 29.4 Å². The second-order valence-corrected chi connectivity index (χ2v) is 6.92. The Balaban J connectivity index is 2.07. The maximum Gasteiger partial charge on any atom is 0.0806 e. The van der Waals surface area contributed by atoms with Gasteiger partial charge in [-0.05, 0) is 25.5 Å². The van der Waals surface area contributed by atoms with Crippen LogP contribution >= 0.6 is 31.9 Å². The average molecular weight is 377 g/mol. The van der Waals surface area contributed by atoms with Crippen LogP contribution in [0.5, 0.6) is 0 Å². The minimum Gasteiger partial charge on any atom is -0.369 e. The van der Waals surface area contributed by atoms with Gasteiger partial charge in [-0.2, -0.15) is 0 Å². The smallest absolute Gasteiger partial charge is 0.0806 e. The van der Waals surface area contributed by atoms with E-state index >= 15 is 0 Å². The van der Waals surface area contributed by atoms with Gasteiger partial charge in [-0.1, -0.05) is 50.1 Å². The van der Waals surface area contributed by atoms with Crippen molar-refractivity contribution in [3.05, 3.63) is 34.3 Å². The molecule has 1 aromatic carbocycles. The van der Waals surface area contributed by atoms with Gasteiger partial charge in [0.25, 0.3) is 0 Å². The van der Waals surface area contributed by atoms with E-state index in [1.54, 1.807) is 0 Å². The van der Waals surface area contributed by atoms with Crippen LogP contribution in [0.15, 0.2) is 28.7 Å². The van der Waals surface area contributed by atoms with Gasteiger partial charge < -0.3 is 4.74 Å². The third-order valence-corrected chi connectivity index (χ3v) is 4.57. The number of benzene rings is 1. The van der Waals surface area contributed by atoms with Gasteiger partial charge >= 0.3 is 0 Å². The van der Waals surface area contributed by atoms with Crippen molar-refractivity contribution in [1.82, 2.24) is 4.90 Å². The lowest BCUT2D eigenvalue weighted by Gasteiger charge is -2.42. The molecule has 1 heterocycles. The predicted octanol–water partition coefficient (Wildman–Crippen LogP) is 3.82. The highest BCUT2D eigenvalue weighted by Crippen LogP contribution is 2.25. The van der Waals surface area contributed by atoms with Crippen LogP contribution in [-0.4, -0.2) is 35.0 Å². The Bertz CT molecular complexity index is 409. The molecule has 100 valence electrons. The molecule has 1 fully saturated rings. The number of morpholine rings is 1. The van der Waals surface area contributed by atoms with Crippen molar-refractivity contribution >= 4 is 31.9 Å². The molecule has 1 unspecified atom stereocenters. The van der Waals surface area contributed by atoms with Crippen LogP contribution in [0.4, 0.5) is 0 Å². The number of rotatable bonds is 3. The highest BCUT2D eigenvalue weighted by Gasteiger charge is 2.32. The summed E-state index contributed by atoms with van der Waals surface area (Å²) in [4.78, 5) is 2.47. The van der Waals surface area contributed by atoms with E-state index in [0.717, 1.165) is 25.0 Å². The predicted molar refractivity (Wildman–Crippen MR) is 82.2 cm³/mol. The molecule has 0 N–H and O–H groups in total. The molecule has 1 atom stereocenters. The van der Waals surface area contributed by atoms with Gasteiger partial charge in [-0.15, -0.1) is 0 Å². The van der Waals surface area contributed by atoms with E-state index in [-0.39, 0.29) is 11.7 Å². The Hall–Kier alpha value is 0.1000. The lowest BCUT2D eigenvalue weighted by atomic mass is 10.0. The summed E-state index contributed by atoms with van der Waals surface area (Å²) in [6.45, 7) is 7.25. The van der Waals surface area contributed by atoms with Gasteiger partial charge in [-0.3, -0.25) is 4.90 Å². The fraction of sp³-hybridized carbons (Fsp3) is 0.571. The molecule has 0 aromatic heterocycles. The van der Waals surface area contributed by atoms with Gasteiger partial charge in [0.2, 0.25) is 0 Å². The van der Waals surface area contributed by atoms with E-state index in [4.69, 9.17) is 4.74 Å². The second kappa shape index (κ2) is 6.04. The second-order valence-electron chi connectivity index (χ2n) is 5.41. The molecule has 0 spiro atoms. The molecular weight excluding hydrogens is 358 g/mol. The first-order valence-corrected chi connectivity index (χ1v) is 8.11. The van der Waals surface area contributed by atoms with Crippen molar-refractivity contribution in [2.45, 2.75) is 32.1 Å². The van der Waals surface area contributed by atoms with Crippen molar-refractivity contribution in [3.63, 3.8) is 0 Å². The molecule has 0 radical (unpaired) electrons. The van der Waals surface area contributed by atoms with Crippen molar-refractivity contribution < 1.29 is 4.74 Å². The lowest BCUT2D eigenvalue weighted by Crippen LogP contribution is -2.52. The molecule has 1 aliphatic rings. The zero-order valence-corrected chi connectivity index (χ0v) is 14.0. The standard InChI is InChI=1S/C14H19Br2NO/c1-14(2)10-17(9-12(7-15)18-14)8-11-5-3-4-6-13(11)16/h3-6,12H,7-10H2,1-2H3. The molecule has 1 aromatic rings. The number of alkyl halides is 1. The summed E-state index contributed by atoms with van der Waals surface area (Å²) in [6, 6.07) is 8.42. The van der Waals surface area contributed by atoms with Crippen molar-refractivity contribution in [2.24, 2.45) is 0 Å². The summed E-state index contributed by atoms with van der Waals surface area (Å²) in [7, 11) is 0. The first kappa shape index (κ1) is 14.5. The molecule has 0 bridgehead atoms. The van der Waals surface area contributed by atoms with Gasteiger partial charge in [0.1, 0.15) is 0 Å². The van der Waals surface area contributed by atoms with Crippen molar-refractivity contribution in [2.75, 3.05) is 18.4 Å². The van der Waals surface area contributed by atoms with E-state index in [9.17, 15) is 0 Å². The monoisotopic (exact) mass is 375 g/mol. The fourth-order valence-corrected chi connectivity index (χ4v) is 3.23. The molecule has 4 heteroatoms. The zero-order chi connectivity index (χ0) is 13.2. The molecule has 0 aliphatic carbocycles. The Kier molecular flexibility index (Phi) is 4.86. The van der Waals surface area contributed by atoms with Crippen LogP contribution in [0.2, 0.25) is 0 Å². The SMILES string of the molecule is CC1(C)CN(Cc2ccccc2Br)CC(CBr)O1. The Morgan fingerprint density at radius 1 is 1.39 bits per heavy atom. The Morgan fingerprint density at radius 2 is 2.11 bits per heavy atom. The highest BCUT2D eigenvalue weighted by atomic mass is 79.9. The van der Waals surface area contributed by atoms with Crippen LogP contribution in [0.3, 0.4) is 0 Å². The molecule has 0 saturated carbocycles. The number of hydrogen-bond acceptors (Lipinski definition) is 2. The van der Waals surface area contributed by atoms with Crippen LogP contribution in [0.1, 0.15) is 19.4 Å². The quantitative estimate of drug-likeness (QED) is 0.743. The summed E-state index contributed by atoms with van der Waals surface area (Å²) in [5.74, 6) is 0. The van der Waals surface area contributed by atoms with E-state index in [2.05, 4.69) is 74.9 Å². The van der Waals surface area contributed by atoms with E-state index in [0.29, 0.717) is 0 Å². The molecular formula is C14H19Br2NO. The maximum atomic E-state index is 6.02. The molecule has 2 rings (SSSR count). The number of ether oxygens (including phenoxy) is 1. The van der Waals surface area contributed by atoms with E-state index in [1.165, 1.54) is 10.0 Å².